The fourth-order valence-corrected chi connectivity index (χ4v) is 5.05. The van der Waals surface area contributed by atoms with Crippen LogP contribution in [0, 0.1) is 12.8 Å². The van der Waals surface area contributed by atoms with Gasteiger partial charge in [-0.1, -0.05) is 0 Å². The zero-order valence-corrected chi connectivity index (χ0v) is 14.3. The number of rotatable bonds is 4. The normalized spacial score (nSPS) is 21.8. The summed E-state index contributed by atoms with van der Waals surface area (Å²) in [5, 5.41) is 4.26. The van der Waals surface area contributed by atoms with Crippen LogP contribution >= 0.6 is 0 Å². The maximum atomic E-state index is 12.5. The largest absolute Gasteiger partial charge is 0.281 e. The summed E-state index contributed by atoms with van der Waals surface area (Å²) in [4.78, 5) is 11.8. The van der Waals surface area contributed by atoms with E-state index in [0.29, 0.717) is 38.6 Å². The highest BCUT2D eigenvalue weighted by molar-refractivity contribution is 7.86. The summed E-state index contributed by atoms with van der Waals surface area (Å²) in [6.07, 6.45) is 3.46. The molecule has 3 rings (SSSR count). The molecule has 1 aromatic rings. The van der Waals surface area contributed by atoms with Crippen LogP contribution in [0.2, 0.25) is 0 Å². The summed E-state index contributed by atoms with van der Waals surface area (Å²) in [7, 11) is -3.29. The SMILES string of the molecule is Cc1ccc(=O)n(CC2CCN(S(=O)(=O)N3CCCC3)CC2)n1. The van der Waals surface area contributed by atoms with Gasteiger partial charge in [-0.05, 0) is 44.6 Å². The third-order valence-electron chi connectivity index (χ3n) is 4.72. The van der Waals surface area contributed by atoms with Crippen LogP contribution in [0.3, 0.4) is 0 Å². The highest BCUT2D eigenvalue weighted by Gasteiger charge is 2.34. The zero-order valence-electron chi connectivity index (χ0n) is 13.5. The molecule has 0 aromatic carbocycles. The van der Waals surface area contributed by atoms with Crippen molar-refractivity contribution in [1.82, 2.24) is 18.4 Å². The fraction of sp³-hybridized carbons (Fsp3) is 0.733. The van der Waals surface area contributed by atoms with Crippen molar-refractivity contribution in [2.24, 2.45) is 5.92 Å². The molecule has 128 valence electrons. The first kappa shape index (κ1) is 16.6. The van der Waals surface area contributed by atoms with E-state index < -0.39 is 10.2 Å². The van der Waals surface area contributed by atoms with E-state index in [4.69, 9.17) is 0 Å². The number of aryl methyl sites for hydroxylation is 1. The number of aromatic nitrogens is 2. The van der Waals surface area contributed by atoms with Crippen molar-refractivity contribution >= 4 is 10.2 Å². The third kappa shape index (κ3) is 3.64. The van der Waals surface area contributed by atoms with E-state index >= 15 is 0 Å². The van der Waals surface area contributed by atoms with Gasteiger partial charge in [0.25, 0.3) is 15.8 Å². The minimum Gasteiger partial charge on any atom is -0.268 e. The highest BCUT2D eigenvalue weighted by Crippen LogP contribution is 2.24. The number of piperidine rings is 1. The number of hydrogen-bond acceptors (Lipinski definition) is 4. The molecule has 0 saturated carbocycles. The van der Waals surface area contributed by atoms with Crippen LogP contribution in [0.1, 0.15) is 31.4 Å². The van der Waals surface area contributed by atoms with Crippen LogP contribution in [0.5, 0.6) is 0 Å². The number of hydrogen-bond donors (Lipinski definition) is 0. The Hall–Kier alpha value is -1.25. The first-order valence-corrected chi connectivity index (χ1v) is 9.66. The van der Waals surface area contributed by atoms with Gasteiger partial charge in [0, 0.05) is 38.8 Å². The van der Waals surface area contributed by atoms with E-state index in [9.17, 15) is 13.2 Å². The third-order valence-corrected chi connectivity index (χ3v) is 6.76. The van der Waals surface area contributed by atoms with Crippen molar-refractivity contribution in [1.29, 1.82) is 0 Å². The second-order valence-electron chi connectivity index (χ2n) is 6.45. The Balaban J connectivity index is 1.60. The van der Waals surface area contributed by atoms with E-state index in [2.05, 4.69) is 5.10 Å². The monoisotopic (exact) mass is 340 g/mol. The first-order valence-electron chi connectivity index (χ1n) is 8.27. The molecule has 0 bridgehead atoms. The van der Waals surface area contributed by atoms with Gasteiger partial charge in [-0.25, -0.2) is 4.68 Å². The van der Waals surface area contributed by atoms with Crippen LogP contribution in [-0.2, 0) is 16.8 Å². The van der Waals surface area contributed by atoms with Gasteiger partial charge in [-0.15, -0.1) is 0 Å². The predicted molar refractivity (Wildman–Crippen MR) is 87.3 cm³/mol. The quantitative estimate of drug-likeness (QED) is 0.804. The van der Waals surface area contributed by atoms with Crippen LogP contribution in [-0.4, -0.2) is 53.0 Å². The van der Waals surface area contributed by atoms with Crippen molar-refractivity contribution in [3.05, 3.63) is 28.2 Å². The maximum Gasteiger partial charge on any atom is 0.281 e. The van der Waals surface area contributed by atoms with Gasteiger partial charge in [0.05, 0.1) is 5.69 Å². The van der Waals surface area contributed by atoms with Gasteiger partial charge in [0.1, 0.15) is 0 Å². The first-order chi connectivity index (χ1) is 11.0. The summed E-state index contributed by atoms with van der Waals surface area (Å²) in [6.45, 7) is 4.78. The molecule has 0 radical (unpaired) electrons. The molecule has 0 amide bonds. The molecule has 0 unspecified atom stereocenters. The van der Waals surface area contributed by atoms with Crippen LogP contribution < -0.4 is 5.56 Å². The molecular weight excluding hydrogens is 316 g/mol. The average Bonchev–Trinajstić information content (AvgIpc) is 3.07. The van der Waals surface area contributed by atoms with Gasteiger partial charge in [0.2, 0.25) is 0 Å². The molecule has 23 heavy (non-hydrogen) atoms. The second kappa shape index (κ2) is 6.70. The molecule has 2 fully saturated rings. The summed E-state index contributed by atoms with van der Waals surface area (Å²) >= 11 is 0. The van der Waals surface area contributed by atoms with Crippen molar-refractivity contribution in [3.8, 4) is 0 Å². The minimum absolute atomic E-state index is 0.0947. The minimum atomic E-state index is -3.29. The molecule has 8 heteroatoms. The Bertz CT molecular complexity index is 702. The fourth-order valence-electron chi connectivity index (χ4n) is 3.33. The van der Waals surface area contributed by atoms with Crippen molar-refractivity contribution in [2.45, 2.75) is 39.2 Å². The molecule has 2 aliphatic heterocycles. The maximum absolute atomic E-state index is 12.5. The van der Waals surface area contributed by atoms with Gasteiger partial charge in [-0.2, -0.15) is 22.1 Å². The Morgan fingerprint density at radius 3 is 2.35 bits per heavy atom. The molecule has 7 nitrogen and oxygen atoms in total. The van der Waals surface area contributed by atoms with E-state index in [1.165, 1.54) is 10.7 Å². The van der Waals surface area contributed by atoms with E-state index in [1.807, 2.05) is 6.92 Å². The topological polar surface area (TPSA) is 75.5 Å². The lowest BCUT2D eigenvalue weighted by atomic mass is 9.98. The molecule has 0 spiro atoms. The standard InChI is InChI=1S/C15H24N4O3S/c1-13-4-5-15(20)19(16-13)12-14-6-10-18(11-7-14)23(21,22)17-8-2-3-9-17/h4-5,14H,2-3,6-12H2,1H3. The number of nitrogens with zero attached hydrogens (tertiary/aromatic N) is 4. The predicted octanol–water partition coefficient (Wildman–Crippen LogP) is 0.604. The Morgan fingerprint density at radius 1 is 1.09 bits per heavy atom. The van der Waals surface area contributed by atoms with Gasteiger partial charge in [-0.3, -0.25) is 4.79 Å². The van der Waals surface area contributed by atoms with Crippen LogP contribution in [0.4, 0.5) is 0 Å². The molecule has 3 heterocycles. The molecule has 0 atom stereocenters. The van der Waals surface area contributed by atoms with Crippen molar-refractivity contribution in [3.63, 3.8) is 0 Å². The lowest BCUT2D eigenvalue weighted by Crippen LogP contribution is -2.46. The molecule has 2 aliphatic rings. The van der Waals surface area contributed by atoms with E-state index in [1.54, 1.807) is 14.7 Å². The lowest BCUT2D eigenvalue weighted by molar-refractivity contribution is 0.234. The summed E-state index contributed by atoms with van der Waals surface area (Å²) in [5.74, 6) is 0.298. The smallest absolute Gasteiger partial charge is 0.268 e. The Labute approximate surface area is 137 Å². The zero-order chi connectivity index (χ0) is 16.4. The molecule has 0 N–H and O–H groups in total. The van der Waals surface area contributed by atoms with Gasteiger partial charge >= 0.3 is 0 Å². The van der Waals surface area contributed by atoms with Crippen LogP contribution in [0.25, 0.3) is 0 Å². The van der Waals surface area contributed by atoms with Gasteiger partial charge < -0.3 is 0 Å². The Morgan fingerprint density at radius 2 is 1.70 bits per heavy atom. The summed E-state index contributed by atoms with van der Waals surface area (Å²) < 4.78 is 29.8. The highest BCUT2D eigenvalue weighted by atomic mass is 32.2. The Kier molecular flexibility index (Phi) is 4.84. The molecule has 1 aromatic heterocycles. The van der Waals surface area contributed by atoms with Crippen molar-refractivity contribution < 1.29 is 8.42 Å². The lowest BCUT2D eigenvalue weighted by Gasteiger charge is -2.33. The van der Waals surface area contributed by atoms with Crippen LogP contribution in [0.15, 0.2) is 16.9 Å². The second-order valence-corrected chi connectivity index (χ2v) is 8.38. The molecule has 2 saturated heterocycles. The van der Waals surface area contributed by atoms with Crippen molar-refractivity contribution in [2.75, 3.05) is 26.2 Å². The summed E-state index contributed by atoms with van der Waals surface area (Å²) in [5.41, 5.74) is 0.723. The summed E-state index contributed by atoms with van der Waals surface area (Å²) in [6, 6.07) is 3.25. The molecule has 0 aliphatic carbocycles. The van der Waals surface area contributed by atoms with Gasteiger partial charge in [0.15, 0.2) is 0 Å². The molecular formula is C15H24N4O3S. The van der Waals surface area contributed by atoms with E-state index in [-0.39, 0.29) is 5.56 Å². The van der Waals surface area contributed by atoms with E-state index in [0.717, 1.165) is 31.4 Å². The average molecular weight is 340 g/mol.